The van der Waals surface area contributed by atoms with Gasteiger partial charge >= 0.3 is 0 Å². The summed E-state index contributed by atoms with van der Waals surface area (Å²) in [7, 11) is 0. The third kappa shape index (κ3) is 4.15. The number of halogens is 1. The zero-order chi connectivity index (χ0) is 24.0. The smallest absolute Gasteiger partial charge is 0.257 e. The monoisotopic (exact) mass is 474 g/mol. The molecule has 2 aromatic carbocycles. The van der Waals surface area contributed by atoms with Crippen molar-refractivity contribution in [3.05, 3.63) is 76.6 Å². The van der Waals surface area contributed by atoms with E-state index in [1.54, 1.807) is 6.20 Å². The molecule has 2 aliphatic heterocycles. The van der Waals surface area contributed by atoms with Crippen molar-refractivity contribution in [2.75, 3.05) is 18.4 Å². The van der Waals surface area contributed by atoms with Crippen molar-refractivity contribution in [3.8, 4) is 11.1 Å². The summed E-state index contributed by atoms with van der Waals surface area (Å²) in [5, 5.41) is 7.09. The molecular formula is C27H27ClN4O2. The molecule has 6 nitrogen and oxygen atoms in total. The molecule has 0 unspecified atom stereocenters. The molecule has 174 valence electrons. The summed E-state index contributed by atoms with van der Waals surface area (Å²) >= 11 is 6.07. The maximum Gasteiger partial charge on any atom is 0.257 e. The first-order valence-corrected chi connectivity index (χ1v) is 11.8. The minimum Gasteiger partial charge on any atom is -0.335 e. The van der Waals surface area contributed by atoms with Crippen LogP contribution in [0.15, 0.2) is 54.9 Å². The fourth-order valence-corrected chi connectivity index (χ4v) is 5.06. The van der Waals surface area contributed by atoms with E-state index in [0.717, 1.165) is 27.9 Å². The van der Waals surface area contributed by atoms with Crippen LogP contribution in [0.3, 0.4) is 0 Å². The highest BCUT2D eigenvalue weighted by Crippen LogP contribution is 2.40. The van der Waals surface area contributed by atoms with E-state index in [-0.39, 0.29) is 23.9 Å². The van der Waals surface area contributed by atoms with Crippen LogP contribution in [-0.2, 0) is 4.79 Å². The van der Waals surface area contributed by atoms with Gasteiger partial charge in [0.05, 0.1) is 11.1 Å². The fourth-order valence-electron chi connectivity index (χ4n) is 4.93. The molecule has 2 atom stereocenters. The van der Waals surface area contributed by atoms with Gasteiger partial charge in [0.1, 0.15) is 0 Å². The third-order valence-corrected chi connectivity index (χ3v) is 6.63. The van der Waals surface area contributed by atoms with Gasteiger partial charge in [0.2, 0.25) is 0 Å². The Morgan fingerprint density at radius 1 is 1.06 bits per heavy atom. The second-order valence-corrected chi connectivity index (χ2v) is 9.65. The Morgan fingerprint density at radius 2 is 1.76 bits per heavy atom. The number of hydrogen-bond donors (Lipinski definition) is 2. The van der Waals surface area contributed by atoms with Gasteiger partial charge in [-0.25, -0.2) is 0 Å². The second kappa shape index (κ2) is 8.78. The number of anilines is 1. The van der Waals surface area contributed by atoms with Crippen LogP contribution in [-0.4, -0.2) is 46.5 Å². The number of carbonyl (C=O) groups is 2. The van der Waals surface area contributed by atoms with Crippen LogP contribution in [0.25, 0.3) is 22.9 Å². The zero-order valence-corrected chi connectivity index (χ0v) is 20.2. The van der Waals surface area contributed by atoms with Gasteiger partial charge in [-0.15, -0.1) is 0 Å². The van der Waals surface area contributed by atoms with Gasteiger partial charge in [0.25, 0.3) is 11.8 Å². The first kappa shape index (κ1) is 22.4. The van der Waals surface area contributed by atoms with Crippen LogP contribution in [0.1, 0.15) is 35.3 Å². The van der Waals surface area contributed by atoms with Crippen LogP contribution in [0.4, 0.5) is 5.69 Å². The number of aromatic nitrogens is 1. The van der Waals surface area contributed by atoms with Crippen LogP contribution >= 0.6 is 11.6 Å². The molecule has 5 rings (SSSR count). The van der Waals surface area contributed by atoms with E-state index in [9.17, 15) is 9.59 Å². The van der Waals surface area contributed by atoms with Gasteiger partial charge in [-0.2, -0.15) is 0 Å². The van der Waals surface area contributed by atoms with Gasteiger partial charge in [0.15, 0.2) is 0 Å². The molecule has 1 saturated heterocycles. The van der Waals surface area contributed by atoms with Crippen molar-refractivity contribution < 1.29 is 9.59 Å². The summed E-state index contributed by atoms with van der Waals surface area (Å²) in [6.45, 7) is 7.46. The molecule has 2 amide bonds. The number of amides is 2. The number of rotatable bonds is 3. The Kier molecular flexibility index (Phi) is 5.80. The quantitative estimate of drug-likeness (QED) is 0.531. The maximum atomic E-state index is 13.3. The van der Waals surface area contributed by atoms with E-state index in [1.807, 2.05) is 71.2 Å². The summed E-state index contributed by atoms with van der Waals surface area (Å²) in [6, 6.07) is 13.9. The topological polar surface area (TPSA) is 66.4 Å². The molecule has 0 bridgehead atoms. The van der Waals surface area contributed by atoms with Crippen LogP contribution in [0, 0.1) is 6.92 Å². The van der Waals surface area contributed by atoms with E-state index in [1.165, 1.54) is 0 Å². The van der Waals surface area contributed by atoms with E-state index in [2.05, 4.69) is 24.5 Å². The summed E-state index contributed by atoms with van der Waals surface area (Å²) in [4.78, 5) is 28.1. The lowest BCUT2D eigenvalue weighted by Gasteiger charge is -2.36. The lowest BCUT2D eigenvalue weighted by Crippen LogP contribution is -2.55. The molecule has 0 spiro atoms. The minimum absolute atomic E-state index is 0.0213. The molecule has 2 aliphatic rings. The molecule has 1 aromatic heterocycles. The predicted molar refractivity (Wildman–Crippen MR) is 137 cm³/mol. The minimum atomic E-state index is -0.166. The highest BCUT2D eigenvalue weighted by molar-refractivity contribution is 6.35. The highest BCUT2D eigenvalue weighted by Gasteiger charge is 2.29. The highest BCUT2D eigenvalue weighted by atomic mass is 35.5. The summed E-state index contributed by atoms with van der Waals surface area (Å²) < 4.78 is 1.82. The second-order valence-electron chi connectivity index (χ2n) is 9.21. The average molecular weight is 475 g/mol. The summed E-state index contributed by atoms with van der Waals surface area (Å²) in [5.74, 6) is -0.145. The standard InChI is InChI=1S/C27H27ClN4O2/c1-16-11-31(14-22(16)27(34)32-12-17(2)29-18(3)13-32)15-23-25-21(19-7-9-20(28)10-8-19)5-4-6-24(25)30-26(23)33/h4-11,14-15,17-18,29H,12-13H2,1-3H3,(H,30,33)/t17-,18+. The molecule has 0 radical (unpaired) electrons. The van der Waals surface area contributed by atoms with E-state index >= 15 is 0 Å². The molecule has 34 heavy (non-hydrogen) atoms. The molecule has 3 heterocycles. The number of benzene rings is 2. The lowest BCUT2D eigenvalue weighted by molar-refractivity contribution is -0.110. The molecule has 0 saturated carbocycles. The van der Waals surface area contributed by atoms with E-state index < -0.39 is 0 Å². The summed E-state index contributed by atoms with van der Waals surface area (Å²) in [5.41, 5.74) is 5.63. The molecule has 1 fully saturated rings. The number of piperazine rings is 1. The largest absolute Gasteiger partial charge is 0.335 e. The Bertz CT molecular complexity index is 1300. The number of fused-ring (bicyclic) bond motifs is 1. The predicted octanol–water partition coefficient (Wildman–Crippen LogP) is 4.89. The lowest BCUT2D eigenvalue weighted by atomic mass is 9.95. The van der Waals surface area contributed by atoms with Gasteiger partial charge in [0, 0.05) is 60.0 Å². The SMILES string of the molecule is Cc1cn(C=C2C(=O)Nc3cccc(-c4ccc(Cl)cc4)c32)cc1C(=O)N1C[C@@H](C)N[C@@H](C)C1. The van der Waals surface area contributed by atoms with Crippen molar-refractivity contribution in [2.45, 2.75) is 32.9 Å². The van der Waals surface area contributed by atoms with Gasteiger partial charge in [-0.1, -0.05) is 35.9 Å². The normalized spacial score (nSPS) is 21.0. The molecule has 0 aliphatic carbocycles. The van der Waals surface area contributed by atoms with Crippen molar-refractivity contribution in [1.29, 1.82) is 0 Å². The average Bonchev–Trinajstić information content (AvgIpc) is 3.32. The first-order valence-electron chi connectivity index (χ1n) is 11.5. The van der Waals surface area contributed by atoms with Gasteiger partial charge in [-0.05, 0) is 55.7 Å². The van der Waals surface area contributed by atoms with Crippen molar-refractivity contribution in [3.63, 3.8) is 0 Å². The van der Waals surface area contributed by atoms with Crippen molar-refractivity contribution in [1.82, 2.24) is 14.8 Å². The summed E-state index contributed by atoms with van der Waals surface area (Å²) in [6.07, 6.45) is 5.51. The van der Waals surface area contributed by atoms with E-state index in [4.69, 9.17) is 11.6 Å². The molecule has 7 heteroatoms. The van der Waals surface area contributed by atoms with Crippen LogP contribution in [0.5, 0.6) is 0 Å². The van der Waals surface area contributed by atoms with Crippen LogP contribution < -0.4 is 10.6 Å². The van der Waals surface area contributed by atoms with Crippen molar-refractivity contribution >= 4 is 40.9 Å². The molecular weight excluding hydrogens is 448 g/mol. The molecule has 2 N–H and O–H groups in total. The van der Waals surface area contributed by atoms with E-state index in [0.29, 0.717) is 29.2 Å². The van der Waals surface area contributed by atoms with Crippen molar-refractivity contribution in [2.24, 2.45) is 0 Å². The zero-order valence-electron chi connectivity index (χ0n) is 19.4. The number of nitrogens with one attached hydrogen (secondary N) is 2. The van der Waals surface area contributed by atoms with Crippen LogP contribution in [0.2, 0.25) is 5.02 Å². The third-order valence-electron chi connectivity index (χ3n) is 6.38. The Balaban J connectivity index is 1.51. The first-order chi connectivity index (χ1) is 16.3. The number of aryl methyl sites for hydroxylation is 1. The number of hydrogen-bond acceptors (Lipinski definition) is 3. The number of carbonyl (C=O) groups excluding carboxylic acids is 2. The van der Waals surface area contributed by atoms with Gasteiger partial charge in [-0.3, -0.25) is 9.59 Å². The van der Waals surface area contributed by atoms with Gasteiger partial charge < -0.3 is 20.1 Å². The fraction of sp³-hybridized carbons (Fsp3) is 0.259. The Hall–Kier alpha value is -3.35. The maximum absolute atomic E-state index is 13.3. The molecule has 3 aromatic rings. The Morgan fingerprint density at radius 3 is 2.47 bits per heavy atom. The number of nitrogens with zero attached hydrogens (tertiary/aromatic N) is 2. The Labute approximate surface area is 204 Å².